The number of anilines is 1. The first kappa shape index (κ1) is 23.7. The minimum Gasteiger partial charge on any atom is -0.376 e. The average molecular weight is 467 g/mol. The summed E-state index contributed by atoms with van der Waals surface area (Å²) < 4.78 is 81.4. The molecule has 0 atom stereocenters. The normalized spacial score (nSPS) is 12.0. The van der Waals surface area contributed by atoms with E-state index in [1.807, 2.05) is 37.3 Å². The fourth-order valence-electron chi connectivity index (χ4n) is 3.04. The zero-order chi connectivity index (χ0) is 23.4. The van der Waals surface area contributed by atoms with E-state index >= 15 is 0 Å². The smallest absolute Gasteiger partial charge is 0.376 e. The van der Waals surface area contributed by atoms with Crippen molar-refractivity contribution < 1.29 is 30.7 Å². The summed E-state index contributed by atoms with van der Waals surface area (Å²) in [7, 11) is -5.48. The third-order valence-corrected chi connectivity index (χ3v) is 5.79. The van der Waals surface area contributed by atoms with Gasteiger partial charge < -0.3 is 4.74 Å². The van der Waals surface area contributed by atoms with Gasteiger partial charge in [-0.05, 0) is 48.2 Å². The summed E-state index contributed by atoms with van der Waals surface area (Å²) in [5, 5.41) is 0. The highest BCUT2D eigenvalue weighted by atomic mass is 32.2. The number of ether oxygens (including phenoxy) is 1. The van der Waals surface area contributed by atoms with Crippen molar-refractivity contribution in [2.75, 3.05) is 11.3 Å². The second-order valence-electron chi connectivity index (χ2n) is 7.23. The molecule has 0 heterocycles. The van der Waals surface area contributed by atoms with E-state index in [2.05, 4.69) is 0 Å². The molecule has 3 aromatic carbocycles. The van der Waals surface area contributed by atoms with Gasteiger partial charge in [-0.1, -0.05) is 54.1 Å². The predicted octanol–water partition coefficient (Wildman–Crippen LogP) is 5.82. The topological polar surface area (TPSA) is 55.4 Å². The average Bonchev–Trinajstić information content (AvgIpc) is 2.71. The van der Waals surface area contributed by atoms with Crippen molar-refractivity contribution in [1.29, 1.82) is 0 Å². The van der Waals surface area contributed by atoms with Crippen LogP contribution in [0.1, 0.15) is 16.7 Å². The van der Waals surface area contributed by atoms with Crippen LogP contribution in [0.5, 0.6) is 0 Å². The monoisotopic (exact) mass is 467 g/mol. The van der Waals surface area contributed by atoms with Crippen LogP contribution in [0.4, 0.5) is 23.2 Å². The summed E-state index contributed by atoms with van der Waals surface area (Å²) in [6.07, 6.45) is 0.310. The quantitative estimate of drug-likeness (QED) is 0.335. The molecule has 0 saturated carbocycles. The van der Waals surface area contributed by atoms with Crippen molar-refractivity contribution in [3.05, 3.63) is 89.2 Å². The number of halogens is 4. The van der Waals surface area contributed by atoms with Gasteiger partial charge >= 0.3 is 15.5 Å². The third kappa shape index (κ3) is 6.08. The van der Waals surface area contributed by atoms with Crippen LogP contribution < -0.4 is 4.72 Å². The lowest BCUT2D eigenvalue weighted by Crippen LogP contribution is -2.29. The minimum atomic E-state index is -5.48. The first-order valence-corrected chi connectivity index (χ1v) is 11.1. The Morgan fingerprint density at radius 1 is 0.938 bits per heavy atom. The summed E-state index contributed by atoms with van der Waals surface area (Å²) in [6.45, 7) is 2.16. The molecule has 0 unspecified atom stereocenters. The molecule has 0 amide bonds. The molecule has 0 aliphatic carbocycles. The second kappa shape index (κ2) is 9.70. The van der Waals surface area contributed by atoms with Gasteiger partial charge in [0.1, 0.15) is 5.82 Å². The van der Waals surface area contributed by atoms with E-state index in [-0.39, 0.29) is 18.9 Å². The lowest BCUT2D eigenvalue weighted by molar-refractivity contribution is -0.0429. The van der Waals surface area contributed by atoms with Crippen molar-refractivity contribution in [3.63, 3.8) is 0 Å². The highest BCUT2D eigenvalue weighted by molar-refractivity contribution is 7.93. The lowest BCUT2D eigenvalue weighted by atomic mass is 10.0. The molecule has 9 heteroatoms. The first-order valence-electron chi connectivity index (χ1n) is 9.66. The Bertz CT molecular complexity index is 1190. The number of alkyl halides is 3. The van der Waals surface area contributed by atoms with Crippen molar-refractivity contribution in [3.8, 4) is 11.1 Å². The number of benzene rings is 3. The van der Waals surface area contributed by atoms with E-state index in [0.717, 1.165) is 16.7 Å². The first-order chi connectivity index (χ1) is 15.0. The minimum absolute atomic E-state index is 0.0281. The van der Waals surface area contributed by atoms with E-state index in [0.29, 0.717) is 17.5 Å². The Balaban J connectivity index is 1.55. The molecular weight excluding hydrogens is 446 g/mol. The molecule has 0 fully saturated rings. The van der Waals surface area contributed by atoms with E-state index in [9.17, 15) is 26.0 Å². The molecule has 3 aromatic rings. The van der Waals surface area contributed by atoms with Crippen molar-refractivity contribution >= 4 is 15.7 Å². The molecule has 0 aliphatic rings. The van der Waals surface area contributed by atoms with Crippen LogP contribution >= 0.6 is 0 Å². The molecule has 0 spiro atoms. The van der Waals surface area contributed by atoms with Gasteiger partial charge in [0.15, 0.2) is 0 Å². The Kier molecular flexibility index (Phi) is 7.20. The summed E-state index contributed by atoms with van der Waals surface area (Å²) in [5.74, 6) is -0.396. The fourth-order valence-corrected chi connectivity index (χ4v) is 3.60. The van der Waals surface area contributed by atoms with Crippen LogP contribution in [-0.2, 0) is 27.8 Å². The van der Waals surface area contributed by atoms with E-state index in [1.54, 1.807) is 12.1 Å². The SMILES string of the molecule is Cc1cccc(-c2ccc(COCCc3cccc(NS(=O)(=O)C(F)(F)F)c3)c(F)c2)c1. The molecular formula is C23H21F4NO3S. The molecule has 0 aliphatic heterocycles. The Labute approximate surface area is 183 Å². The molecule has 0 saturated heterocycles. The Morgan fingerprint density at radius 2 is 1.66 bits per heavy atom. The number of sulfonamides is 1. The summed E-state index contributed by atoms with van der Waals surface area (Å²) in [5.41, 5.74) is -1.89. The highest BCUT2D eigenvalue weighted by Gasteiger charge is 2.46. The van der Waals surface area contributed by atoms with E-state index in [1.165, 1.54) is 29.0 Å². The van der Waals surface area contributed by atoms with Crippen molar-refractivity contribution in [1.82, 2.24) is 0 Å². The number of rotatable bonds is 8. The standard InChI is InChI=1S/C23H21F4NO3S/c1-16-4-2-6-18(12-16)19-8-9-20(22(24)14-19)15-31-11-10-17-5-3-7-21(13-17)28-32(29,30)23(25,26)27/h2-9,12-14,28H,10-11,15H2,1H3. The summed E-state index contributed by atoms with van der Waals surface area (Å²) in [4.78, 5) is 0. The van der Waals surface area contributed by atoms with Crippen LogP contribution in [0.3, 0.4) is 0 Å². The third-order valence-electron chi connectivity index (χ3n) is 4.68. The van der Waals surface area contributed by atoms with Crippen LogP contribution in [-0.4, -0.2) is 20.5 Å². The molecule has 4 nitrogen and oxygen atoms in total. The molecule has 0 bridgehead atoms. The predicted molar refractivity (Wildman–Crippen MR) is 115 cm³/mol. The van der Waals surface area contributed by atoms with Gasteiger partial charge in [-0.25, -0.2) is 4.39 Å². The fraction of sp³-hybridized carbons (Fsp3) is 0.217. The zero-order valence-corrected chi connectivity index (χ0v) is 17.9. The van der Waals surface area contributed by atoms with Gasteiger partial charge in [-0.2, -0.15) is 21.6 Å². The molecule has 32 heavy (non-hydrogen) atoms. The van der Waals surface area contributed by atoms with E-state index in [4.69, 9.17) is 4.74 Å². The van der Waals surface area contributed by atoms with Crippen molar-refractivity contribution in [2.45, 2.75) is 25.5 Å². The number of hydrogen-bond donors (Lipinski definition) is 1. The van der Waals surface area contributed by atoms with Gasteiger partial charge in [-0.3, -0.25) is 4.72 Å². The lowest BCUT2D eigenvalue weighted by Gasteiger charge is -2.12. The van der Waals surface area contributed by atoms with Crippen LogP contribution in [0.2, 0.25) is 0 Å². The Hall–Kier alpha value is -2.91. The van der Waals surface area contributed by atoms with Crippen LogP contribution in [0, 0.1) is 12.7 Å². The number of aryl methyl sites for hydroxylation is 1. The molecule has 0 radical (unpaired) electrons. The molecule has 3 rings (SSSR count). The largest absolute Gasteiger partial charge is 0.516 e. The van der Waals surface area contributed by atoms with Gasteiger partial charge in [0, 0.05) is 11.3 Å². The highest BCUT2D eigenvalue weighted by Crippen LogP contribution is 2.26. The van der Waals surface area contributed by atoms with Gasteiger partial charge in [0.25, 0.3) is 0 Å². The van der Waals surface area contributed by atoms with Gasteiger partial charge in [-0.15, -0.1) is 0 Å². The molecule has 0 aromatic heterocycles. The van der Waals surface area contributed by atoms with Gasteiger partial charge in [0.05, 0.1) is 13.2 Å². The second-order valence-corrected chi connectivity index (χ2v) is 8.90. The maximum absolute atomic E-state index is 14.5. The summed E-state index contributed by atoms with van der Waals surface area (Å²) >= 11 is 0. The summed E-state index contributed by atoms with van der Waals surface area (Å²) in [6, 6.07) is 18.2. The number of hydrogen-bond acceptors (Lipinski definition) is 3. The maximum atomic E-state index is 14.5. The van der Waals surface area contributed by atoms with Crippen LogP contribution in [0.25, 0.3) is 11.1 Å². The maximum Gasteiger partial charge on any atom is 0.516 e. The van der Waals surface area contributed by atoms with Gasteiger partial charge in [0.2, 0.25) is 0 Å². The molecule has 170 valence electrons. The van der Waals surface area contributed by atoms with E-state index < -0.39 is 21.3 Å². The zero-order valence-electron chi connectivity index (χ0n) is 17.1. The molecule has 1 N–H and O–H groups in total. The Morgan fingerprint density at radius 3 is 2.34 bits per heavy atom. The van der Waals surface area contributed by atoms with Crippen molar-refractivity contribution in [2.24, 2.45) is 0 Å². The number of nitrogens with one attached hydrogen (secondary N) is 1. The van der Waals surface area contributed by atoms with Crippen LogP contribution in [0.15, 0.2) is 66.7 Å².